The molecule has 2 N–H and O–H groups in total. The lowest BCUT2D eigenvalue weighted by Crippen LogP contribution is -2.33. The average Bonchev–Trinajstić information content (AvgIpc) is 2.41. The Hall–Kier alpha value is -1.64. The van der Waals surface area contributed by atoms with Gasteiger partial charge in [-0.05, 0) is 16.7 Å². The smallest absolute Gasteiger partial charge is 0.0918 e. The first-order valence-electron chi connectivity index (χ1n) is 5.91. The van der Waals surface area contributed by atoms with E-state index in [9.17, 15) is 5.11 Å². The van der Waals surface area contributed by atoms with E-state index in [0.29, 0.717) is 6.54 Å². The van der Waals surface area contributed by atoms with E-state index in [4.69, 9.17) is 0 Å². The van der Waals surface area contributed by atoms with Crippen LogP contribution in [0.2, 0.25) is 0 Å². The molecule has 0 aromatic heterocycles. The van der Waals surface area contributed by atoms with Crippen LogP contribution in [0.15, 0.2) is 54.6 Å². The third kappa shape index (κ3) is 1.86. The van der Waals surface area contributed by atoms with E-state index in [1.165, 1.54) is 11.1 Å². The third-order valence-corrected chi connectivity index (χ3v) is 3.31. The highest BCUT2D eigenvalue weighted by molar-refractivity contribution is 5.40. The average molecular weight is 225 g/mol. The van der Waals surface area contributed by atoms with Crippen molar-refractivity contribution in [2.24, 2.45) is 0 Å². The van der Waals surface area contributed by atoms with Gasteiger partial charge < -0.3 is 10.4 Å². The number of hydrogen-bond acceptors (Lipinski definition) is 2. The minimum atomic E-state index is -0.397. The van der Waals surface area contributed by atoms with E-state index in [0.717, 1.165) is 5.56 Å². The van der Waals surface area contributed by atoms with Crippen LogP contribution in [0.5, 0.6) is 0 Å². The van der Waals surface area contributed by atoms with E-state index < -0.39 is 6.10 Å². The molecule has 86 valence electrons. The van der Waals surface area contributed by atoms with Crippen molar-refractivity contribution in [3.05, 3.63) is 71.3 Å². The number of nitrogens with one attached hydrogen (secondary N) is 1. The molecular weight excluding hydrogens is 210 g/mol. The summed E-state index contributed by atoms with van der Waals surface area (Å²) in [4.78, 5) is 0. The van der Waals surface area contributed by atoms with Gasteiger partial charge in [0.25, 0.3) is 0 Å². The Balaban J connectivity index is 2.07. The number of aliphatic hydroxyl groups excluding tert-OH is 1. The number of β-amino-alcohol motifs (C(OH)–C–C–N with tert-alkyl or cyclic N) is 1. The van der Waals surface area contributed by atoms with Crippen LogP contribution >= 0.6 is 0 Å². The van der Waals surface area contributed by atoms with Crippen LogP contribution in [0.25, 0.3) is 0 Å². The van der Waals surface area contributed by atoms with E-state index >= 15 is 0 Å². The van der Waals surface area contributed by atoms with Crippen LogP contribution < -0.4 is 5.32 Å². The second-order valence-corrected chi connectivity index (χ2v) is 4.40. The summed E-state index contributed by atoms with van der Waals surface area (Å²) in [5, 5.41) is 13.4. The van der Waals surface area contributed by atoms with Gasteiger partial charge >= 0.3 is 0 Å². The van der Waals surface area contributed by atoms with Gasteiger partial charge in [-0.2, -0.15) is 0 Å². The van der Waals surface area contributed by atoms with Crippen LogP contribution in [0.1, 0.15) is 28.8 Å². The molecule has 0 fully saturated rings. The predicted octanol–water partition coefficient (Wildman–Crippen LogP) is 2.41. The lowest BCUT2D eigenvalue weighted by atomic mass is 9.89. The van der Waals surface area contributed by atoms with Crippen LogP contribution in [0.4, 0.5) is 0 Å². The van der Waals surface area contributed by atoms with Gasteiger partial charge in [0.1, 0.15) is 0 Å². The SMILES string of the molecule is O[C@H]1CN[C@H](c2ccccc2)c2ccccc21. The molecule has 2 aromatic rings. The molecule has 0 spiro atoms. The fourth-order valence-corrected chi connectivity index (χ4v) is 2.47. The highest BCUT2D eigenvalue weighted by atomic mass is 16.3. The first kappa shape index (κ1) is 10.5. The quantitative estimate of drug-likeness (QED) is 0.781. The van der Waals surface area contributed by atoms with Crippen molar-refractivity contribution in [1.29, 1.82) is 0 Å². The second-order valence-electron chi connectivity index (χ2n) is 4.40. The number of rotatable bonds is 1. The van der Waals surface area contributed by atoms with Gasteiger partial charge in [0.05, 0.1) is 12.1 Å². The molecule has 2 atom stereocenters. The summed E-state index contributed by atoms with van der Waals surface area (Å²) in [5.74, 6) is 0. The van der Waals surface area contributed by atoms with E-state index in [1.807, 2.05) is 36.4 Å². The molecule has 2 aromatic carbocycles. The maximum absolute atomic E-state index is 9.96. The molecule has 0 saturated carbocycles. The van der Waals surface area contributed by atoms with Crippen molar-refractivity contribution in [3.63, 3.8) is 0 Å². The normalized spacial score (nSPS) is 23.1. The minimum Gasteiger partial charge on any atom is -0.387 e. The van der Waals surface area contributed by atoms with Gasteiger partial charge in [-0.1, -0.05) is 54.6 Å². The van der Waals surface area contributed by atoms with Crippen molar-refractivity contribution in [3.8, 4) is 0 Å². The number of benzene rings is 2. The van der Waals surface area contributed by atoms with Gasteiger partial charge in [-0.3, -0.25) is 0 Å². The van der Waals surface area contributed by atoms with E-state index in [2.05, 4.69) is 23.5 Å². The maximum atomic E-state index is 9.96. The Labute approximate surface area is 101 Å². The summed E-state index contributed by atoms with van der Waals surface area (Å²) in [7, 11) is 0. The lowest BCUT2D eigenvalue weighted by molar-refractivity contribution is 0.160. The highest BCUT2D eigenvalue weighted by Crippen LogP contribution is 2.32. The maximum Gasteiger partial charge on any atom is 0.0918 e. The van der Waals surface area contributed by atoms with Gasteiger partial charge in [-0.25, -0.2) is 0 Å². The molecule has 1 aliphatic heterocycles. The van der Waals surface area contributed by atoms with Crippen molar-refractivity contribution < 1.29 is 5.11 Å². The summed E-state index contributed by atoms with van der Waals surface area (Å²) in [6.45, 7) is 0.608. The first-order chi connectivity index (χ1) is 8.36. The molecule has 0 unspecified atom stereocenters. The summed E-state index contributed by atoms with van der Waals surface area (Å²) >= 11 is 0. The fourth-order valence-electron chi connectivity index (χ4n) is 2.47. The van der Waals surface area contributed by atoms with Crippen molar-refractivity contribution in [2.75, 3.05) is 6.54 Å². The first-order valence-corrected chi connectivity index (χ1v) is 5.91. The lowest BCUT2D eigenvalue weighted by Gasteiger charge is -2.30. The van der Waals surface area contributed by atoms with Crippen LogP contribution in [0.3, 0.4) is 0 Å². The Morgan fingerprint density at radius 2 is 1.53 bits per heavy atom. The molecule has 1 heterocycles. The number of hydrogen-bond donors (Lipinski definition) is 2. The topological polar surface area (TPSA) is 32.3 Å². The number of aliphatic hydroxyl groups is 1. The zero-order chi connectivity index (χ0) is 11.7. The van der Waals surface area contributed by atoms with Crippen molar-refractivity contribution >= 4 is 0 Å². The van der Waals surface area contributed by atoms with E-state index in [1.54, 1.807) is 0 Å². The minimum absolute atomic E-state index is 0.191. The molecule has 17 heavy (non-hydrogen) atoms. The highest BCUT2D eigenvalue weighted by Gasteiger charge is 2.25. The Kier molecular flexibility index (Phi) is 2.67. The van der Waals surface area contributed by atoms with Crippen LogP contribution in [0, 0.1) is 0 Å². The third-order valence-electron chi connectivity index (χ3n) is 3.31. The molecule has 3 rings (SSSR count). The van der Waals surface area contributed by atoms with Crippen molar-refractivity contribution in [1.82, 2.24) is 5.32 Å². The van der Waals surface area contributed by atoms with E-state index in [-0.39, 0.29) is 6.04 Å². The Morgan fingerprint density at radius 3 is 2.29 bits per heavy atom. The molecule has 0 amide bonds. The molecule has 0 aliphatic carbocycles. The molecule has 1 aliphatic rings. The molecule has 2 heteroatoms. The zero-order valence-corrected chi connectivity index (χ0v) is 9.51. The zero-order valence-electron chi connectivity index (χ0n) is 9.51. The fraction of sp³-hybridized carbons (Fsp3) is 0.200. The van der Waals surface area contributed by atoms with Gasteiger partial charge in [0.15, 0.2) is 0 Å². The summed E-state index contributed by atoms with van der Waals surface area (Å²) < 4.78 is 0. The Bertz CT molecular complexity index is 509. The molecule has 0 radical (unpaired) electrons. The molecule has 0 bridgehead atoms. The number of fused-ring (bicyclic) bond motifs is 1. The molecule has 0 saturated heterocycles. The second kappa shape index (κ2) is 4.32. The van der Waals surface area contributed by atoms with Gasteiger partial charge in [-0.15, -0.1) is 0 Å². The van der Waals surface area contributed by atoms with Crippen LogP contribution in [-0.4, -0.2) is 11.7 Å². The monoisotopic (exact) mass is 225 g/mol. The molecular formula is C15H15NO. The predicted molar refractivity (Wildman–Crippen MR) is 67.7 cm³/mol. The summed E-state index contributed by atoms with van der Waals surface area (Å²) in [5.41, 5.74) is 3.46. The molecule has 2 nitrogen and oxygen atoms in total. The van der Waals surface area contributed by atoms with Gasteiger partial charge in [0.2, 0.25) is 0 Å². The summed E-state index contributed by atoms with van der Waals surface area (Å²) in [6, 6.07) is 18.6. The van der Waals surface area contributed by atoms with Crippen LogP contribution in [-0.2, 0) is 0 Å². The standard InChI is InChI=1S/C15H15NO/c17-14-10-16-15(11-6-2-1-3-7-11)13-9-5-4-8-12(13)14/h1-9,14-17H,10H2/t14-,15+/m0/s1. The van der Waals surface area contributed by atoms with Crippen molar-refractivity contribution in [2.45, 2.75) is 12.1 Å². The summed E-state index contributed by atoms with van der Waals surface area (Å²) in [6.07, 6.45) is -0.397. The Morgan fingerprint density at radius 1 is 0.882 bits per heavy atom. The largest absolute Gasteiger partial charge is 0.387 e. The van der Waals surface area contributed by atoms with Gasteiger partial charge in [0, 0.05) is 6.54 Å².